The minimum Gasteiger partial charge on any atom is -0.463 e. The van der Waals surface area contributed by atoms with E-state index in [1.54, 1.807) is 0 Å². The normalized spacial score (nSPS) is 11.3. The lowest BCUT2D eigenvalue weighted by Crippen LogP contribution is -2.15. The molecule has 0 saturated carbocycles. The van der Waals surface area contributed by atoms with E-state index in [0.29, 0.717) is 72.5 Å². The number of carbonyl (C=O) groups is 1. The number of hydrogen-bond acceptors (Lipinski definition) is 7. The van der Waals surface area contributed by atoms with Crippen LogP contribution in [0.5, 0.6) is 0 Å². The maximum absolute atomic E-state index is 11.7. The molecule has 222 valence electrons. The molecule has 0 spiro atoms. The van der Waals surface area contributed by atoms with Gasteiger partial charge in [-0.05, 0) is 12.8 Å². The van der Waals surface area contributed by atoms with Gasteiger partial charge in [0.15, 0.2) is 0 Å². The van der Waals surface area contributed by atoms with E-state index in [1.165, 1.54) is 77.0 Å². The van der Waals surface area contributed by atoms with Gasteiger partial charge >= 0.3 is 5.97 Å². The second-order valence-electron chi connectivity index (χ2n) is 9.63. The third kappa shape index (κ3) is 33.2. The zero-order valence-electron chi connectivity index (χ0n) is 24.4. The first-order valence-corrected chi connectivity index (χ1v) is 15.4. The van der Waals surface area contributed by atoms with E-state index in [1.807, 2.05) is 0 Å². The minimum atomic E-state index is -0.124. The fourth-order valence-corrected chi connectivity index (χ4v) is 3.83. The number of ether oxygens (including phenoxy) is 6. The maximum Gasteiger partial charge on any atom is 0.305 e. The summed E-state index contributed by atoms with van der Waals surface area (Å²) in [5.74, 6) is -0.124. The quantitative estimate of drug-likeness (QED) is 0.0689. The molecule has 0 rings (SSSR count). The Morgan fingerprint density at radius 1 is 0.378 bits per heavy atom. The summed E-state index contributed by atoms with van der Waals surface area (Å²) in [4.78, 5) is 11.7. The van der Waals surface area contributed by atoms with Crippen LogP contribution in [0.4, 0.5) is 0 Å². The summed E-state index contributed by atoms with van der Waals surface area (Å²) in [5, 5.41) is 0. The number of esters is 1. The van der Waals surface area contributed by atoms with E-state index in [9.17, 15) is 4.79 Å². The number of rotatable bonds is 32. The fourth-order valence-electron chi connectivity index (χ4n) is 3.83. The minimum absolute atomic E-state index is 0.124. The molecule has 7 heteroatoms. The van der Waals surface area contributed by atoms with Crippen LogP contribution in [0.1, 0.15) is 117 Å². The lowest BCUT2D eigenvalue weighted by atomic mass is 10.1. The standard InChI is InChI=1S/C30H60O7/c1-3-5-7-9-11-13-15-17-19-32-20-21-33-22-23-34-24-25-35-26-27-36-28-29-37-30(31)18-16-14-12-10-8-6-4-2/h3-29H2,1-2H3. The van der Waals surface area contributed by atoms with Crippen molar-refractivity contribution < 1.29 is 33.2 Å². The van der Waals surface area contributed by atoms with Crippen LogP contribution in [0, 0.1) is 0 Å². The third-order valence-electron chi connectivity index (χ3n) is 6.11. The molecule has 7 nitrogen and oxygen atoms in total. The molecule has 0 N–H and O–H groups in total. The summed E-state index contributed by atoms with van der Waals surface area (Å²) in [6, 6.07) is 0. The average molecular weight is 533 g/mol. The second-order valence-corrected chi connectivity index (χ2v) is 9.63. The molecular formula is C30H60O7. The van der Waals surface area contributed by atoms with Crippen LogP contribution in [0.3, 0.4) is 0 Å². The van der Waals surface area contributed by atoms with Gasteiger partial charge in [0.2, 0.25) is 0 Å². The molecule has 37 heavy (non-hydrogen) atoms. The Balaban J connectivity index is 3.10. The lowest BCUT2D eigenvalue weighted by Gasteiger charge is -2.08. The molecule has 0 heterocycles. The summed E-state index contributed by atoms with van der Waals surface area (Å²) >= 11 is 0. The molecule has 0 radical (unpaired) electrons. The largest absolute Gasteiger partial charge is 0.463 e. The summed E-state index contributed by atoms with van der Waals surface area (Å²) in [5.41, 5.74) is 0. The van der Waals surface area contributed by atoms with Crippen molar-refractivity contribution in [3.63, 3.8) is 0 Å². The monoisotopic (exact) mass is 532 g/mol. The number of hydrogen-bond donors (Lipinski definition) is 0. The van der Waals surface area contributed by atoms with Gasteiger partial charge in [-0.3, -0.25) is 4.79 Å². The highest BCUT2D eigenvalue weighted by Crippen LogP contribution is 2.09. The predicted octanol–water partition coefficient (Wildman–Crippen LogP) is 6.89. The molecule has 0 aliphatic heterocycles. The predicted molar refractivity (Wildman–Crippen MR) is 150 cm³/mol. The molecule has 0 aliphatic rings. The molecule has 0 bridgehead atoms. The summed E-state index contributed by atoms with van der Waals surface area (Å²) in [6.45, 7) is 10.5. The van der Waals surface area contributed by atoms with Gasteiger partial charge in [0, 0.05) is 13.0 Å². The Hall–Kier alpha value is -0.730. The van der Waals surface area contributed by atoms with E-state index in [4.69, 9.17) is 28.4 Å². The van der Waals surface area contributed by atoms with E-state index in [2.05, 4.69) is 13.8 Å². The molecule has 0 unspecified atom stereocenters. The first-order chi connectivity index (χ1) is 18.3. The zero-order chi connectivity index (χ0) is 26.9. The van der Waals surface area contributed by atoms with Crippen LogP contribution >= 0.6 is 0 Å². The van der Waals surface area contributed by atoms with Gasteiger partial charge in [-0.1, -0.05) is 97.3 Å². The Morgan fingerprint density at radius 2 is 0.703 bits per heavy atom. The molecule has 0 amide bonds. The molecule has 0 aliphatic carbocycles. The van der Waals surface area contributed by atoms with Gasteiger partial charge in [0.1, 0.15) is 6.61 Å². The molecule has 0 aromatic heterocycles. The number of carbonyl (C=O) groups excluding carboxylic acids is 1. The van der Waals surface area contributed by atoms with Crippen molar-refractivity contribution in [3.05, 3.63) is 0 Å². The van der Waals surface area contributed by atoms with E-state index in [0.717, 1.165) is 25.9 Å². The van der Waals surface area contributed by atoms with Crippen molar-refractivity contribution in [2.75, 3.05) is 72.7 Å². The van der Waals surface area contributed by atoms with Crippen LogP contribution in [0.2, 0.25) is 0 Å². The smallest absolute Gasteiger partial charge is 0.305 e. The SMILES string of the molecule is CCCCCCCCCCOCCOCCOCCOCCOCCOC(=O)CCCCCCCCC. The van der Waals surface area contributed by atoms with E-state index in [-0.39, 0.29) is 5.97 Å². The van der Waals surface area contributed by atoms with Gasteiger partial charge in [0.25, 0.3) is 0 Å². The van der Waals surface area contributed by atoms with Gasteiger partial charge < -0.3 is 28.4 Å². The van der Waals surface area contributed by atoms with Crippen molar-refractivity contribution in [1.29, 1.82) is 0 Å². The number of unbranched alkanes of at least 4 members (excludes halogenated alkanes) is 13. The highest BCUT2D eigenvalue weighted by atomic mass is 16.6. The first kappa shape index (κ1) is 36.3. The molecule has 0 saturated heterocycles. The highest BCUT2D eigenvalue weighted by Gasteiger charge is 2.02. The van der Waals surface area contributed by atoms with Gasteiger partial charge in [-0.2, -0.15) is 0 Å². The van der Waals surface area contributed by atoms with Gasteiger partial charge in [-0.15, -0.1) is 0 Å². The van der Waals surface area contributed by atoms with Crippen molar-refractivity contribution in [1.82, 2.24) is 0 Å². The summed E-state index contributed by atoms with van der Waals surface area (Å²) < 4.78 is 32.7. The van der Waals surface area contributed by atoms with Gasteiger partial charge in [-0.25, -0.2) is 0 Å². The second kappa shape index (κ2) is 33.3. The van der Waals surface area contributed by atoms with E-state index < -0.39 is 0 Å². The third-order valence-corrected chi connectivity index (χ3v) is 6.11. The van der Waals surface area contributed by atoms with E-state index >= 15 is 0 Å². The Labute approximate surface area is 228 Å². The highest BCUT2D eigenvalue weighted by molar-refractivity contribution is 5.69. The molecule has 0 aromatic rings. The van der Waals surface area contributed by atoms with Crippen molar-refractivity contribution in [2.45, 2.75) is 117 Å². The Morgan fingerprint density at radius 3 is 1.14 bits per heavy atom. The molecule has 0 fully saturated rings. The van der Waals surface area contributed by atoms with Crippen molar-refractivity contribution in [3.8, 4) is 0 Å². The van der Waals surface area contributed by atoms with Crippen LogP contribution in [0.25, 0.3) is 0 Å². The summed E-state index contributed by atoms with van der Waals surface area (Å²) in [6.07, 6.45) is 19.5. The van der Waals surface area contributed by atoms with Crippen LogP contribution in [0.15, 0.2) is 0 Å². The van der Waals surface area contributed by atoms with Crippen molar-refractivity contribution in [2.24, 2.45) is 0 Å². The Bertz CT molecular complexity index is 434. The van der Waals surface area contributed by atoms with Crippen LogP contribution in [-0.2, 0) is 33.2 Å². The first-order valence-electron chi connectivity index (χ1n) is 15.4. The fraction of sp³-hybridized carbons (Fsp3) is 0.967. The molecule has 0 atom stereocenters. The van der Waals surface area contributed by atoms with Crippen LogP contribution in [-0.4, -0.2) is 78.6 Å². The maximum atomic E-state index is 11.7. The van der Waals surface area contributed by atoms with Crippen molar-refractivity contribution >= 4 is 5.97 Å². The topological polar surface area (TPSA) is 72.5 Å². The van der Waals surface area contributed by atoms with Gasteiger partial charge in [0.05, 0.1) is 59.5 Å². The summed E-state index contributed by atoms with van der Waals surface area (Å²) in [7, 11) is 0. The average Bonchev–Trinajstić information content (AvgIpc) is 2.90. The molecular weight excluding hydrogens is 472 g/mol. The molecule has 0 aromatic carbocycles. The lowest BCUT2D eigenvalue weighted by molar-refractivity contribution is -0.145. The van der Waals surface area contributed by atoms with Crippen LogP contribution < -0.4 is 0 Å². The zero-order valence-corrected chi connectivity index (χ0v) is 24.4. The Kier molecular flexibility index (Phi) is 32.6.